The molecule has 2 rings (SSSR count). The Balaban J connectivity index is 2.11. The molecular formula is C11H18N4O3. The first-order chi connectivity index (χ1) is 8.70. The van der Waals surface area contributed by atoms with E-state index < -0.39 is 6.10 Å². The molecular weight excluding hydrogens is 236 g/mol. The average molecular weight is 254 g/mol. The third kappa shape index (κ3) is 3.06. The fourth-order valence-electron chi connectivity index (χ4n) is 1.83. The Morgan fingerprint density at radius 2 is 2.22 bits per heavy atom. The lowest BCUT2D eigenvalue weighted by atomic mass is 10.3. The standard InChI is InChI=1S/C11H18N4O3/c12-6-10(16)8-15-11(17)5-9(7-13-15)14-1-3-18-4-2-14/h5,7,10,16H,1-4,6,8,12H2. The largest absolute Gasteiger partial charge is 0.390 e. The predicted octanol–water partition coefficient (Wildman–Crippen LogP) is -1.60. The fraction of sp³-hybridized carbons (Fsp3) is 0.636. The van der Waals surface area contributed by atoms with E-state index in [1.165, 1.54) is 10.7 Å². The maximum absolute atomic E-state index is 11.8. The third-order valence-electron chi connectivity index (χ3n) is 2.89. The molecule has 7 heteroatoms. The summed E-state index contributed by atoms with van der Waals surface area (Å²) in [6.45, 7) is 3.08. The summed E-state index contributed by atoms with van der Waals surface area (Å²) in [6, 6.07) is 1.53. The van der Waals surface area contributed by atoms with Crippen molar-refractivity contribution in [2.75, 3.05) is 37.7 Å². The van der Waals surface area contributed by atoms with Gasteiger partial charge < -0.3 is 20.5 Å². The van der Waals surface area contributed by atoms with Crippen molar-refractivity contribution in [2.24, 2.45) is 5.73 Å². The summed E-state index contributed by atoms with van der Waals surface area (Å²) in [5.41, 5.74) is 5.86. The number of aromatic nitrogens is 2. The lowest BCUT2D eigenvalue weighted by Crippen LogP contribution is -2.38. The molecule has 100 valence electrons. The van der Waals surface area contributed by atoms with Gasteiger partial charge in [0.05, 0.1) is 37.7 Å². The molecule has 0 radical (unpaired) electrons. The molecule has 0 aliphatic carbocycles. The van der Waals surface area contributed by atoms with Crippen molar-refractivity contribution in [3.63, 3.8) is 0 Å². The second-order valence-electron chi connectivity index (χ2n) is 4.22. The molecule has 0 amide bonds. The van der Waals surface area contributed by atoms with Crippen LogP contribution >= 0.6 is 0 Å². The van der Waals surface area contributed by atoms with Gasteiger partial charge in [0.1, 0.15) is 0 Å². The van der Waals surface area contributed by atoms with Crippen molar-refractivity contribution in [3.05, 3.63) is 22.6 Å². The highest BCUT2D eigenvalue weighted by Crippen LogP contribution is 2.11. The molecule has 0 saturated carbocycles. The summed E-state index contributed by atoms with van der Waals surface area (Å²) < 4.78 is 6.47. The zero-order valence-corrected chi connectivity index (χ0v) is 10.2. The third-order valence-corrected chi connectivity index (χ3v) is 2.89. The molecule has 0 spiro atoms. The summed E-state index contributed by atoms with van der Waals surface area (Å²) >= 11 is 0. The van der Waals surface area contributed by atoms with E-state index in [1.54, 1.807) is 6.20 Å². The highest BCUT2D eigenvalue weighted by atomic mass is 16.5. The normalized spacial score (nSPS) is 17.8. The molecule has 1 atom stereocenters. The predicted molar refractivity (Wildman–Crippen MR) is 66.6 cm³/mol. The molecule has 0 aromatic carbocycles. The van der Waals surface area contributed by atoms with Crippen LogP contribution in [0.1, 0.15) is 0 Å². The van der Waals surface area contributed by atoms with Crippen LogP contribution in [-0.4, -0.2) is 53.8 Å². The lowest BCUT2D eigenvalue weighted by Gasteiger charge is -2.28. The van der Waals surface area contributed by atoms with Crippen LogP contribution in [0.15, 0.2) is 17.1 Å². The molecule has 1 fully saturated rings. The molecule has 1 aliphatic heterocycles. The zero-order chi connectivity index (χ0) is 13.0. The minimum Gasteiger partial charge on any atom is -0.390 e. The van der Waals surface area contributed by atoms with Crippen molar-refractivity contribution < 1.29 is 9.84 Å². The molecule has 1 aliphatic rings. The molecule has 2 heterocycles. The Morgan fingerprint density at radius 1 is 1.50 bits per heavy atom. The molecule has 1 saturated heterocycles. The molecule has 1 aromatic heterocycles. The van der Waals surface area contributed by atoms with Crippen molar-refractivity contribution in [2.45, 2.75) is 12.6 Å². The van der Waals surface area contributed by atoms with Gasteiger partial charge in [0.2, 0.25) is 0 Å². The van der Waals surface area contributed by atoms with E-state index in [9.17, 15) is 9.90 Å². The number of morpholine rings is 1. The minimum atomic E-state index is -0.746. The van der Waals surface area contributed by atoms with Crippen LogP contribution in [0.3, 0.4) is 0 Å². The van der Waals surface area contributed by atoms with E-state index in [0.29, 0.717) is 13.2 Å². The van der Waals surface area contributed by atoms with Gasteiger partial charge in [-0.05, 0) is 0 Å². The van der Waals surface area contributed by atoms with Crippen LogP contribution < -0.4 is 16.2 Å². The van der Waals surface area contributed by atoms with Gasteiger partial charge in [0.25, 0.3) is 5.56 Å². The number of aliphatic hydroxyl groups excluding tert-OH is 1. The maximum Gasteiger partial charge on any atom is 0.268 e. The average Bonchev–Trinajstić information content (AvgIpc) is 2.42. The van der Waals surface area contributed by atoms with Gasteiger partial charge in [0.15, 0.2) is 0 Å². The van der Waals surface area contributed by atoms with Crippen LogP contribution in [0, 0.1) is 0 Å². The van der Waals surface area contributed by atoms with Gasteiger partial charge in [-0.3, -0.25) is 4.79 Å². The van der Waals surface area contributed by atoms with Crippen LogP contribution in [0.25, 0.3) is 0 Å². The van der Waals surface area contributed by atoms with Crippen LogP contribution in [-0.2, 0) is 11.3 Å². The first-order valence-corrected chi connectivity index (χ1v) is 5.98. The first kappa shape index (κ1) is 13.0. The molecule has 7 nitrogen and oxygen atoms in total. The summed E-state index contributed by atoms with van der Waals surface area (Å²) in [6.07, 6.45) is 0.889. The number of rotatable bonds is 4. The number of hydrogen-bond acceptors (Lipinski definition) is 6. The number of aliphatic hydroxyl groups is 1. The lowest BCUT2D eigenvalue weighted by molar-refractivity contribution is 0.122. The molecule has 1 unspecified atom stereocenters. The molecule has 18 heavy (non-hydrogen) atoms. The highest BCUT2D eigenvalue weighted by molar-refractivity contribution is 5.43. The van der Waals surface area contributed by atoms with Gasteiger partial charge in [-0.25, -0.2) is 4.68 Å². The highest BCUT2D eigenvalue weighted by Gasteiger charge is 2.13. The Hall–Kier alpha value is -1.44. The van der Waals surface area contributed by atoms with Crippen molar-refractivity contribution in [1.29, 1.82) is 0 Å². The number of nitrogens with zero attached hydrogens (tertiary/aromatic N) is 3. The van der Waals surface area contributed by atoms with E-state index in [0.717, 1.165) is 18.8 Å². The summed E-state index contributed by atoms with van der Waals surface area (Å²) in [5.74, 6) is 0. The second-order valence-corrected chi connectivity index (χ2v) is 4.22. The van der Waals surface area contributed by atoms with Gasteiger partial charge in [-0.1, -0.05) is 0 Å². The van der Waals surface area contributed by atoms with Crippen LogP contribution in [0.4, 0.5) is 5.69 Å². The number of ether oxygens (including phenoxy) is 1. The van der Waals surface area contributed by atoms with E-state index in [2.05, 4.69) is 10.00 Å². The van der Waals surface area contributed by atoms with E-state index >= 15 is 0 Å². The Morgan fingerprint density at radius 3 is 2.83 bits per heavy atom. The van der Waals surface area contributed by atoms with Gasteiger partial charge in [0, 0.05) is 25.7 Å². The fourth-order valence-corrected chi connectivity index (χ4v) is 1.83. The van der Waals surface area contributed by atoms with Crippen molar-refractivity contribution >= 4 is 5.69 Å². The maximum atomic E-state index is 11.8. The topological polar surface area (TPSA) is 93.6 Å². The van der Waals surface area contributed by atoms with Crippen molar-refractivity contribution in [3.8, 4) is 0 Å². The Labute approximate surface area is 105 Å². The number of nitrogens with two attached hydrogens (primary N) is 1. The quantitative estimate of drug-likeness (QED) is 0.672. The molecule has 3 N–H and O–H groups in total. The number of anilines is 1. The van der Waals surface area contributed by atoms with Gasteiger partial charge >= 0.3 is 0 Å². The van der Waals surface area contributed by atoms with Gasteiger partial charge in [-0.2, -0.15) is 5.10 Å². The van der Waals surface area contributed by atoms with Crippen LogP contribution in [0.5, 0.6) is 0 Å². The summed E-state index contributed by atoms with van der Waals surface area (Å²) in [4.78, 5) is 13.9. The Kier molecular flexibility index (Phi) is 4.29. The minimum absolute atomic E-state index is 0.110. The monoisotopic (exact) mass is 254 g/mol. The second kappa shape index (κ2) is 5.94. The van der Waals surface area contributed by atoms with Crippen molar-refractivity contribution in [1.82, 2.24) is 9.78 Å². The molecule has 0 bridgehead atoms. The summed E-state index contributed by atoms with van der Waals surface area (Å²) in [7, 11) is 0. The van der Waals surface area contributed by atoms with E-state index in [1.807, 2.05) is 0 Å². The van der Waals surface area contributed by atoms with Gasteiger partial charge in [-0.15, -0.1) is 0 Å². The van der Waals surface area contributed by atoms with E-state index in [4.69, 9.17) is 10.5 Å². The Bertz CT molecular complexity index is 442. The first-order valence-electron chi connectivity index (χ1n) is 5.98. The molecule has 1 aromatic rings. The SMILES string of the molecule is NCC(O)Cn1ncc(N2CCOCC2)cc1=O. The number of hydrogen-bond donors (Lipinski definition) is 2. The van der Waals surface area contributed by atoms with Crippen LogP contribution in [0.2, 0.25) is 0 Å². The summed E-state index contributed by atoms with van der Waals surface area (Å²) in [5, 5.41) is 13.4. The van der Waals surface area contributed by atoms with E-state index in [-0.39, 0.29) is 18.6 Å². The zero-order valence-electron chi connectivity index (χ0n) is 10.2. The smallest absolute Gasteiger partial charge is 0.268 e.